The van der Waals surface area contributed by atoms with Crippen molar-refractivity contribution in [3.63, 3.8) is 0 Å². The first-order valence-corrected chi connectivity index (χ1v) is 13.6. The summed E-state index contributed by atoms with van der Waals surface area (Å²) in [5.41, 5.74) is 0. The first-order chi connectivity index (χ1) is 17.3. The zero-order valence-electron chi connectivity index (χ0n) is 21.2. The molecule has 206 valence electrons. The SMILES string of the molecule is CC/C=C\C/C=C\C/C=C\C/C=C\CCC(=O)OC(CO)COP(=O)(O)OCC(CO)OC(=O)CC. The van der Waals surface area contributed by atoms with Crippen molar-refractivity contribution >= 4 is 19.8 Å². The molecule has 3 N–H and O–H groups in total. The Labute approximate surface area is 213 Å². The molecule has 3 atom stereocenters. The zero-order valence-corrected chi connectivity index (χ0v) is 22.1. The van der Waals surface area contributed by atoms with Crippen molar-refractivity contribution in [3.05, 3.63) is 48.6 Å². The van der Waals surface area contributed by atoms with Gasteiger partial charge in [-0.3, -0.25) is 18.6 Å². The number of phosphoric acid groups is 1. The van der Waals surface area contributed by atoms with E-state index in [-0.39, 0.29) is 12.8 Å². The molecule has 0 aromatic rings. The average molecular weight is 533 g/mol. The molecule has 11 heteroatoms. The molecule has 0 aliphatic rings. The third-order valence-electron chi connectivity index (χ3n) is 4.37. The molecular formula is C25H41O10P. The van der Waals surface area contributed by atoms with Crippen LogP contribution in [0.3, 0.4) is 0 Å². The molecule has 0 aliphatic carbocycles. The maximum Gasteiger partial charge on any atom is 0.472 e. The van der Waals surface area contributed by atoms with Gasteiger partial charge in [0.2, 0.25) is 0 Å². The van der Waals surface area contributed by atoms with Crippen LogP contribution in [0, 0.1) is 0 Å². The minimum absolute atomic E-state index is 0.0651. The number of hydrogen-bond acceptors (Lipinski definition) is 9. The first kappa shape index (κ1) is 33.9. The highest BCUT2D eigenvalue weighted by atomic mass is 31.2. The molecule has 0 aliphatic heterocycles. The van der Waals surface area contributed by atoms with Gasteiger partial charge < -0.3 is 24.6 Å². The van der Waals surface area contributed by atoms with E-state index in [0.29, 0.717) is 6.42 Å². The van der Waals surface area contributed by atoms with Crippen LogP contribution < -0.4 is 0 Å². The van der Waals surface area contributed by atoms with E-state index >= 15 is 0 Å². The Bertz CT molecular complexity index is 760. The Balaban J connectivity index is 4.17. The Morgan fingerprint density at radius 1 is 0.750 bits per heavy atom. The van der Waals surface area contributed by atoms with Gasteiger partial charge in [-0.1, -0.05) is 62.5 Å². The predicted octanol–water partition coefficient (Wildman–Crippen LogP) is 3.92. The molecule has 0 amide bonds. The van der Waals surface area contributed by atoms with E-state index in [2.05, 4.69) is 41.8 Å². The topological polar surface area (TPSA) is 149 Å². The third-order valence-corrected chi connectivity index (χ3v) is 5.32. The molecule has 0 bridgehead atoms. The van der Waals surface area contributed by atoms with Gasteiger partial charge in [-0.25, -0.2) is 4.57 Å². The molecule has 0 saturated carbocycles. The number of aliphatic hydroxyl groups excluding tert-OH is 2. The fraction of sp³-hybridized carbons (Fsp3) is 0.600. The van der Waals surface area contributed by atoms with E-state index < -0.39 is 58.4 Å². The highest BCUT2D eigenvalue weighted by molar-refractivity contribution is 7.47. The number of phosphoric ester groups is 1. The lowest BCUT2D eigenvalue weighted by atomic mass is 10.2. The van der Waals surface area contributed by atoms with Crippen LogP contribution in [0.2, 0.25) is 0 Å². The summed E-state index contributed by atoms with van der Waals surface area (Å²) in [7, 11) is -4.60. The normalized spacial score (nSPS) is 15.6. The number of carbonyl (C=O) groups excluding carboxylic acids is 2. The molecule has 0 saturated heterocycles. The summed E-state index contributed by atoms with van der Waals surface area (Å²) >= 11 is 0. The number of ether oxygens (including phenoxy) is 2. The maximum absolute atomic E-state index is 12.0. The van der Waals surface area contributed by atoms with Gasteiger partial charge >= 0.3 is 19.8 Å². The van der Waals surface area contributed by atoms with Gasteiger partial charge in [0.25, 0.3) is 0 Å². The zero-order chi connectivity index (χ0) is 27.1. The van der Waals surface area contributed by atoms with Crippen LogP contribution in [0.4, 0.5) is 0 Å². The highest BCUT2D eigenvalue weighted by Gasteiger charge is 2.27. The molecule has 0 spiro atoms. The number of aliphatic hydroxyl groups is 2. The summed E-state index contributed by atoms with van der Waals surface area (Å²) in [6.07, 6.45) is 18.2. The van der Waals surface area contributed by atoms with Gasteiger partial charge in [-0.15, -0.1) is 0 Å². The predicted molar refractivity (Wildman–Crippen MR) is 136 cm³/mol. The third kappa shape index (κ3) is 20.2. The second-order valence-electron chi connectivity index (χ2n) is 7.54. The Hall–Kier alpha value is -2.07. The van der Waals surface area contributed by atoms with Crippen LogP contribution in [-0.2, 0) is 32.7 Å². The number of allylic oxidation sites excluding steroid dienone is 8. The molecule has 3 unspecified atom stereocenters. The van der Waals surface area contributed by atoms with Gasteiger partial charge in [0.1, 0.15) is 12.2 Å². The number of carbonyl (C=O) groups is 2. The van der Waals surface area contributed by atoms with Crippen molar-refractivity contribution in [2.24, 2.45) is 0 Å². The van der Waals surface area contributed by atoms with Gasteiger partial charge in [0, 0.05) is 12.8 Å². The van der Waals surface area contributed by atoms with E-state index in [0.717, 1.165) is 25.7 Å². The summed E-state index contributed by atoms with van der Waals surface area (Å²) in [5, 5.41) is 18.5. The number of hydrogen-bond donors (Lipinski definition) is 3. The van der Waals surface area contributed by atoms with Crippen molar-refractivity contribution in [1.82, 2.24) is 0 Å². The van der Waals surface area contributed by atoms with Crippen LogP contribution in [-0.4, -0.2) is 65.7 Å². The lowest BCUT2D eigenvalue weighted by Crippen LogP contribution is -2.28. The van der Waals surface area contributed by atoms with Gasteiger partial charge in [0.15, 0.2) is 0 Å². The molecule has 0 fully saturated rings. The van der Waals surface area contributed by atoms with Gasteiger partial charge in [-0.05, 0) is 32.1 Å². The summed E-state index contributed by atoms with van der Waals surface area (Å²) in [6.45, 7) is 1.26. The minimum atomic E-state index is -4.60. The maximum atomic E-state index is 12.0. The average Bonchev–Trinajstić information content (AvgIpc) is 2.86. The Morgan fingerprint density at radius 2 is 1.19 bits per heavy atom. The Kier molecular flexibility index (Phi) is 20.9. The van der Waals surface area contributed by atoms with E-state index in [9.17, 15) is 24.2 Å². The summed E-state index contributed by atoms with van der Waals surface area (Å²) in [6, 6.07) is 0. The monoisotopic (exact) mass is 532 g/mol. The second kappa shape index (κ2) is 22.2. The summed E-state index contributed by atoms with van der Waals surface area (Å²) in [5.74, 6) is -1.20. The van der Waals surface area contributed by atoms with Gasteiger partial charge in [-0.2, -0.15) is 0 Å². The fourth-order valence-corrected chi connectivity index (χ4v) is 3.24. The van der Waals surface area contributed by atoms with Gasteiger partial charge in [0.05, 0.1) is 26.4 Å². The molecule has 0 heterocycles. The smallest absolute Gasteiger partial charge is 0.457 e. The summed E-state index contributed by atoms with van der Waals surface area (Å²) in [4.78, 5) is 32.9. The molecule has 0 radical (unpaired) electrons. The van der Waals surface area contributed by atoms with Crippen LogP contribution in [0.5, 0.6) is 0 Å². The Morgan fingerprint density at radius 3 is 1.64 bits per heavy atom. The van der Waals surface area contributed by atoms with E-state index in [1.54, 1.807) is 6.92 Å². The van der Waals surface area contributed by atoms with Crippen molar-refractivity contribution in [2.45, 2.75) is 71.0 Å². The molecule has 0 aromatic carbocycles. The van der Waals surface area contributed by atoms with Crippen LogP contribution in [0.15, 0.2) is 48.6 Å². The van der Waals surface area contributed by atoms with Crippen LogP contribution in [0.1, 0.15) is 58.8 Å². The van der Waals surface area contributed by atoms with Crippen molar-refractivity contribution in [2.75, 3.05) is 26.4 Å². The fourth-order valence-electron chi connectivity index (χ4n) is 2.45. The van der Waals surface area contributed by atoms with Crippen molar-refractivity contribution < 1.29 is 47.8 Å². The first-order valence-electron chi connectivity index (χ1n) is 12.1. The molecule has 10 nitrogen and oxygen atoms in total. The molecule has 0 aromatic heterocycles. The molecule has 0 rings (SSSR count). The van der Waals surface area contributed by atoms with E-state index in [4.69, 9.17) is 19.1 Å². The lowest BCUT2D eigenvalue weighted by Gasteiger charge is -2.20. The van der Waals surface area contributed by atoms with Crippen LogP contribution >= 0.6 is 7.82 Å². The van der Waals surface area contributed by atoms with Crippen molar-refractivity contribution in [3.8, 4) is 0 Å². The highest BCUT2D eigenvalue weighted by Crippen LogP contribution is 2.43. The largest absolute Gasteiger partial charge is 0.472 e. The minimum Gasteiger partial charge on any atom is -0.457 e. The molecular weight excluding hydrogens is 491 g/mol. The second-order valence-corrected chi connectivity index (χ2v) is 9.00. The molecule has 36 heavy (non-hydrogen) atoms. The van der Waals surface area contributed by atoms with E-state index in [1.807, 2.05) is 18.2 Å². The lowest BCUT2D eigenvalue weighted by molar-refractivity contribution is -0.153. The van der Waals surface area contributed by atoms with Crippen molar-refractivity contribution in [1.29, 1.82) is 0 Å². The van der Waals surface area contributed by atoms with Crippen LogP contribution in [0.25, 0.3) is 0 Å². The quantitative estimate of drug-likeness (QED) is 0.113. The standard InChI is InChI=1S/C25H41O10P/c1-3-5-6-7-8-9-10-11-12-13-14-15-16-17-25(29)35-23(19-27)21-33-36(30,31)32-20-22(18-26)34-24(28)4-2/h5-6,8-9,11-12,14-15,22-23,26-27H,3-4,7,10,13,16-21H2,1-2H3,(H,30,31)/b6-5-,9-8-,12-11-,15-14-. The number of esters is 2. The summed E-state index contributed by atoms with van der Waals surface area (Å²) < 4.78 is 31.2. The van der Waals surface area contributed by atoms with E-state index in [1.165, 1.54) is 0 Å². The number of rotatable bonds is 21.